The Balaban J connectivity index is 3.19. The fraction of sp³-hybridized carbons (Fsp3) is 0.533. The Kier molecular flexibility index (Phi) is 5.21. The second kappa shape index (κ2) is 6.24. The van der Waals surface area contributed by atoms with E-state index >= 15 is 0 Å². The first kappa shape index (κ1) is 15.0. The first-order valence-corrected chi connectivity index (χ1v) is 6.91. The van der Waals surface area contributed by atoms with E-state index in [1.807, 2.05) is 19.1 Å². The van der Waals surface area contributed by atoms with E-state index < -0.39 is 0 Å². The lowest BCUT2D eigenvalue weighted by Gasteiger charge is -2.28. The van der Waals surface area contributed by atoms with E-state index in [9.17, 15) is 4.79 Å². The number of rotatable bonds is 5. The number of aryl methyl sites for hydroxylation is 1. The number of para-hydroxylation sites is 1. The molecule has 1 amide bonds. The highest BCUT2D eigenvalue weighted by molar-refractivity contribution is 6.29. The van der Waals surface area contributed by atoms with Gasteiger partial charge in [0.05, 0.1) is 0 Å². The summed E-state index contributed by atoms with van der Waals surface area (Å²) in [6.07, 6.45) is 2.20. The average molecular weight is 268 g/mol. The number of hydrogen-bond acceptors (Lipinski definition) is 1. The third-order valence-corrected chi connectivity index (χ3v) is 3.51. The van der Waals surface area contributed by atoms with Crippen molar-refractivity contribution in [2.45, 2.75) is 46.0 Å². The summed E-state index contributed by atoms with van der Waals surface area (Å²) < 4.78 is 0. The topological polar surface area (TPSA) is 29.1 Å². The van der Waals surface area contributed by atoms with Crippen LogP contribution in [0.1, 0.15) is 44.7 Å². The highest BCUT2D eigenvalue weighted by atomic mass is 35.5. The van der Waals surface area contributed by atoms with Crippen LogP contribution in [0.4, 0.5) is 5.69 Å². The largest absolute Gasteiger partial charge is 0.325 e. The molecule has 0 aliphatic heterocycles. The first-order chi connectivity index (χ1) is 8.42. The van der Waals surface area contributed by atoms with Gasteiger partial charge in [0.2, 0.25) is 5.91 Å². The number of alkyl halides is 1. The van der Waals surface area contributed by atoms with Gasteiger partial charge in [0.15, 0.2) is 0 Å². The van der Waals surface area contributed by atoms with Crippen LogP contribution >= 0.6 is 11.6 Å². The normalized spacial score (nSPS) is 11.4. The van der Waals surface area contributed by atoms with E-state index in [4.69, 9.17) is 11.6 Å². The monoisotopic (exact) mass is 267 g/mol. The number of benzene rings is 1. The molecule has 0 spiro atoms. The molecule has 0 radical (unpaired) electrons. The molecular weight excluding hydrogens is 246 g/mol. The zero-order valence-electron chi connectivity index (χ0n) is 11.6. The number of carbonyl (C=O) groups excluding carboxylic acids is 1. The number of amides is 1. The minimum Gasteiger partial charge on any atom is -0.325 e. The third-order valence-electron chi connectivity index (χ3n) is 3.26. The summed E-state index contributed by atoms with van der Waals surface area (Å²) in [6, 6.07) is 6.14. The standard InChI is InChI=1S/C15H22ClNO/c1-5-9-15(3,4)12-8-6-7-11(2)14(12)17-13(18)10-16/h6-8H,5,9-10H2,1-4H3,(H,17,18). The van der Waals surface area contributed by atoms with Crippen LogP contribution in [0.5, 0.6) is 0 Å². The van der Waals surface area contributed by atoms with Crippen molar-refractivity contribution in [3.63, 3.8) is 0 Å². The van der Waals surface area contributed by atoms with Crippen molar-refractivity contribution in [1.82, 2.24) is 0 Å². The van der Waals surface area contributed by atoms with Crippen molar-refractivity contribution in [2.24, 2.45) is 0 Å². The maximum Gasteiger partial charge on any atom is 0.239 e. The van der Waals surface area contributed by atoms with Crippen molar-refractivity contribution in [3.05, 3.63) is 29.3 Å². The number of halogens is 1. The molecule has 0 unspecified atom stereocenters. The smallest absolute Gasteiger partial charge is 0.239 e. The van der Waals surface area contributed by atoms with Crippen LogP contribution < -0.4 is 5.32 Å². The summed E-state index contributed by atoms with van der Waals surface area (Å²) in [5.41, 5.74) is 3.23. The SMILES string of the molecule is CCCC(C)(C)c1cccc(C)c1NC(=O)CCl. The molecular formula is C15H22ClNO. The van der Waals surface area contributed by atoms with Crippen molar-refractivity contribution in [3.8, 4) is 0 Å². The highest BCUT2D eigenvalue weighted by Crippen LogP contribution is 2.35. The number of anilines is 1. The molecule has 1 aromatic rings. The van der Waals surface area contributed by atoms with Crippen molar-refractivity contribution < 1.29 is 4.79 Å². The van der Waals surface area contributed by atoms with Crippen LogP contribution in [0.25, 0.3) is 0 Å². The molecule has 0 saturated carbocycles. The minimum atomic E-state index is -0.153. The molecule has 0 saturated heterocycles. The molecule has 18 heavy (non-hydrogen) atoms. The lowest BCUT2D eigenvalue weighted by atomic mass is 9.79. The molecule has 100 valence electrons. The minimum absolute atomic E-state index is 0.0119. The molecule has 0 fully saturated rings. The van der Waals surface area contributed by atoms with E-state index in [0.717, 1.165) is 24.1 Å². The maximum atomic E-state index is 11.5. The van der Waals surface area contributed by atoms with Gasteiger partial charge in [-0.1, -0.05) is 45.4 Å². The molecule has 0 aliphatic carbocycles. The lowest BCUT2D eigenvalue weighted by molar-refractivity contribution is -0.113. The Morgan fingerprint density at radius 3 is 2.61 bits per heavy atom. The fourth-order valence-corrected chi connectivity index (χ4v) is 2.40. The van der Waals surface area contributed by atoms with E-state index in [1.165, 1.54) is 5.56 Å². The second-order valence-electron chi connectivity index (χ2n) is 5.31. The predicted molar refractivity (Wildman–Crippen MR) is 78.5 cm³/mol. The van der Waals surface area contributed by atoms with Crippen molar-refractivity contribution in [2.75, 3.05) is 11.2 Å². The molecule has 0 aliphatic rings. The van der Waals surface area contributed by atoms with E-state index in [2.05, 4.69) is 32.2 Å². The van der Waals surface area contributed by atoms with Gasteiger partial charge in [-0.2, -0.15) is 0 Å². The van der Waals surface area contributed by atoms with Gasteiger partial charge in [0.25, 0.3) is 0 Å². The van der Waals surface area contributed by atoms with Gasteiger partial charge in [-0.15, -0.1) is 11.6 Å². The molecule has 1 rings (SSSR count). The summed E-state index contributed by atoms with van der Waals surface area (Å²) in [6.45, 7) is 8.60. The second-order valence-corrected chi connectivity index (χ2v) is 5.58. The molecule has 2 nitrogen and oxygen atoms in total. The van der Waals surface area contributed by atoms with Gasteiger partial charge in [0.1, 0.15) is 5.88 Å². The van der Waals surface area contributed by atoms with Gasteiger partial charge >= 0.3 is 0 Å². The van der Waals surface area contributed by atoms with Gasteiger partial charge in [0, 0.05) is 5.69 Å². The van der Waals surface area contributed by atoms with Crippen molar-refractivity contribution in [1.29, 1.82) is 0 Å². The third kappa shape index (κ3) is 3.49. The summed E-state index contributed by atoms with van der Waals surface area (Å²) in [7, 11) is 0. The Labute approximate surface area is 115 Å². The van der Waals surface area contributed by atoms with E-state index in [0.29, 0.717) is 0 Å². The zero-order chi connectivity index (χ0) is 13.8. The van der Waals surface area contributed by atoms with Crippen LogP contribution in [-0.4, -0.2) is 11.8 Å². The maximum absolute atomic E-state index is 11.5. The number of hydrogen-bond donors (Lipinski definition) is 1. The van der Waals surface area contributed by atoms with Crippen molar-refractivity contribution >= 4 is 23.2 Å². The molecule has 1 N–H and O–H groups in total. The van der Waals surface area contributed by atoms with Gasteiger partial charge in [-0.05, 0) is 29.9 Å². The number of carbonyl (C=O) groups is 1. The molecule has 0 aromatic heterocycles. The first-order valence-electron chi connectivity index (χ1n) is 6.38. The number of nitrogens with one attached hydrogen (secondary N) is 1. The summed E-state index contributed by atoms with van der Waals surface area (Å²) in [5, 5.41) is 2.92. The molecule has 3 heteroatoms. The molecule has 0 atom stereocenters. The van der Waals surface area contributed by atoms with E-state index in [-0.39, 0.29) is 17.2 Å². The Morgan fingerprint density at radius 1 is 1.39 bits per heavy atom. The fourth-order valence-electron chi connectivity index (χ4n) is 2.33. The van der Waals surface area contributed by atoms with Gasteiger partial charge in [-0.25, -0.2) is 0 Å². The molecule has 0 bridgehead atoms. The molecule has 1 aromatic carbocycles. The summed E-state index contributed by atoms with van der Waals surface area (Å²) in [4.78, 5) is 11.5. The van der Waals surface area contributed by atoms with Crippen LogP contribution in [-0.2, 0) is 10.2 Å². The van der Waals surface area contributed by atoms with Gasteiger partial charge in [-0.3, -0.25) is 4.79 Å². The summed E-state index contributed by atoms with van der Waals surface area (Å²) in [5.74, 6) is -0.165. The lowest BCUT2D eigenvalue weighted by Crippen LogP contribution is -2.22. The predicted octanol–water partition coefficient (Wildman–Crippen LogP) is 4.25. The Morgan fingerprint density at radius 2 is 2.06 bits per heavy atom. The van der Waals surface area contributed by atoms with Crippen LogP contribution in [0.3, 0.4) is 0 Å². The highest BCUT2D eigenvalue weighted by Gasteiger charge is 2.24. The van der Waals surface area contributed by atoms with E-state index in [1.54, 1.807) is 0 Å². The summed E-state index contributed by atoms with van der Waals surface area (Å²) >= 11 is 5.57. The van der Waals surface area contributed by atoms with Crippen LogP contribution in [0.15, 0.2) is 18.2 Å². The van der Waals surface area contributed by atoms with Crippen LogP contribution in [0.2, 0.25) is 0 Å². The Hall–Kier alpha value is -1.02. The zero-order valence-corrected chi connectivity index (χ0v) is 12.4. The quantitative estimate of drug-likeness (QED) is 0.794. The average Bonchev–Trinajstić information content (AvgIpc) is 2.31. The van der Waals surface area contributed by atoms with Crippen LogP contribution in [0, 0.1) is 6.92 Å². The van der Waals surface area contributed by atoms with Gasteiger partial charge < -0.3 is 5.32 Å². The Bertz CT molecular complexity index is 427. The molecule has 0 heterocycles.